The van der Waals surface area contributed by atoms with Crippen LogP contribution in [-0.2, 0) is 5.60 Å². The van der Waals surface area contributed by atoms with Gasteiger partial charge in [0.25, 0.3) is 0 Å². The largest absolute Gasteiger partial charge is 0.384 e. The minimum atomic E-state index is -1.70. The highest BCUT2D eigenvalue weighted by atomic mass is 19.1. The lowest BCUT2D eigenvalue weighted by atomic mass is 9.78. The van der Waals surface area contributed by atoms with Crippen molar-refractivity contribution in [2.24, 2.45) is 0 Å². The number of hydrogen-bond acceptors (Lipinski definition) is 3. The quantitative estimate of drug-likeness (QED) is 0.941. The molecule has 1 aromatic heterocycles. The van der Waals surface area contributed by atoms with Gasteiger partial charge in [-0.2, -0.15) is 0 Å². The van der Waals surface area contributed by atoms with Crippen molar-refractivity contribution in [2.75, 3.05) is 0 Å². The number of nitrogens with zero attached hydrogens (tertiary/aromatic N) is 2. The van der Waals surface area contributed by atoms with Crippen LogP contribution in [0.4, 0.5) is 13.2 Å². The van der Waals surface area contributed by atoms with Crippen LogP contribution in [0.1, 0.15) is 37.4 Å². The van der Waals surface area contributed by atoms with E-state index < -0.39 is 29.0 Å². The second kappa shape index (κ2) is 5.81. The Bertz CT molecular complexity index is 651. The summed E-state index contributed by atoms with van der Waals surface area (Å²) in [5.74, 6) is -3.12. The molecule has 6 heteroatoms. The number of hydrogen-bond donors (Lipinski definition) is 1. The summed E-state index contributed by atoms with van der Waals surface area (Å²) in [7, 11) is 0. The standard InChI is InChI=1S/C15H15F3N2O/c1-3-15(21,11-5-4-10(16)6-12(11)17)9(2)14-13(18)7-19-8-20-14/h4-9,21H,3H2,1-2H3. The third kappa shape index (κ3) is 2.76. The molecule has 1 N–H and O–H groups in total. The summed E-state index contributed by atoms with van der Waals surface area (Å²) in [6.45, 7) is 3.18. The van der Waals surface area contributed by atoms with Gasteiger partial charge in [0.15, 0.2) is 5.82 Å². The lowest BCUT2D eigenvalue weighted by molar-refractivity contribution is 0.00273. The van der Waals surface area contributed by atoms with Gasteiger partial charge in [-0.3, -0.25) is 0 Å². The third-order valence-corrected chi connectivity index (χ3v) is 3.76. The first-order valence-electron chi connectivity index (χ1n) is 6.53. The van der Waals surface area contributed by atoms with Crippen LogP contribution in [0.25, 0.3) is 0 Å². The molecule has 0 radical (unpaired) electrons. The number of halogens is 3. The maximum atomic E-state index is 14.0. The Morgan fingerprint density at radius 1 is 1.24 bits per heavy atom. The van der Waals surface area contributed by atoms with Crippen LogP contribution in [0.3, 0.4) is 0 Å². The smallest absolute Gasteiger partial charge is 0.163 e. The van der Waals surface area contributed by atoms with Crippen LogP contribution >= 0.6 is 0 Å². The number of benzene rings is 1. The van der Waals surface area contributed by atoms with Crippen LogP contribution in [0, 0.1) is 17.5 Å². The molecule has 1 aromatic carbocycles. The predicted octanol–water partition coefficient (Wildman–Crippen LogP) is 3.30. The van der Waals surface area contributed by atoms with E-state index in [1.807, 2.05) is 0 Å². The summed E-state index contributed by atoms with van der Waals surface area (Å²) in [5, 5.41) is 10.8. The van der Waals surface area contributed by atoms with E-state index >= 15 is 0 Å². The molecule has 21 heavy (non-hydrogen) atoms. The summed E-state index contributed by atoms with van der Waals surface area (Å²) in [6, 6.07) is 2.92. The molecule has 0 saturated carbocycles. The maximum absolute atomic E-state index is 14.0. The van der Waals surface area contributed by atoms with Crippen LogP contribution in [-0.4, -0.2) is 15.1 Å². The second-order valence-electron chi connectivity index (χ2n) is 4.88. The molecule has 112 valence electrons. The molecule has 0 aliphatic rings. The average Bonchev–Trinajstić information content (AvgIpc) is 2.46. The van der Waals surface area contributed by atoms with Crippen molar-refractivity contribution >= 4 is 0 Å². The highest BCUT2D eigenvalue weighted by molar-refractivity contribution is 5.29. The fourth-order valence-electron chi connectivity index (χ4n) is 2.44. The first-order valence-corrected chi connectivity index (χ1v) is 6.53. The molecule has 0 saturated heterocycles. The Hall–Kier alpha value is -1.95. The van der Waals surface area contributed by atoms with Gasteiger partial charge in [-0.25, -0.2) is 23.1 Å². The Balaban J connectivity index is 2.53. The highest BCUT2D eigenvalue weighted by Gasteiger charge is 2.39. The topological polar surface area (TPSA) is 46.0 Å². The van der Waals surface area contributed by atoms with E-state index in [0.29, 0.717) is 6.07 Å². The van der Waals surface area contributed by atoms with Gasteiger partial charge in [-0.15, -0.1) is 0 Å². The Morgan fingerprint density at radius 2 is 1.95 bits per heavy atom. The maximum Gasteiger partial charge on any atom is 0.163 e. The van der Waals surface area contributed by atoms with Gasteiger partial charge in [0.2, 0.25) is 0 Å². The molecule has 0 spiro atoms. The number of aliphatic hydroxyl groups is 1. The minimum absolute atomic E-state index is 0.0157. The lowest BCUT2D eigenvalue weighted by Gasteiger charge is -2.33. The van der Waals surface area contributed by atoms with Gasteiger partial charge < -0.3 is 5.11 Å². The summed E-state index contributed by atoms with van der Waals surface area (Å²) >= 11 is 0. The van der Waals surface area contributed by atoms with Crippen molar-refractivity contribution in [2.45, 2.75) is 31.8 Å². The van der Waals surface area contributed by atoms with Crippen LogP contribution < -0.4 is 0 Å². The van der Waals surface area contributed by atoms with Gasteiger partial charge in [-0.1, -0.05) is 19.9 Å². The zero-order valence-electron chi connectivity index (χ0n) is 11.6. The first-order chi connectivity index (χ1) is 9.90. The second-order valence-corrected chi connectivity index (χ2v) is 4.88. The molecule has 0 amide bonds. The monoisotopic (exact) mass is 296 g/mol. The highest BCUT2D eigenvalue weighted by Crippen LogP contribution is 2.40. The van der Waals surface area contributed by atoms with E-state index in [9.17, 15) is 18.3 Å². The normalized spacial score (nSPS) is 15.5. The number of aromatic nitrogens is 2. The molecule has 2 unspecified atom stereocenters. The molecule has 1 heterocycles. The Labute approximate surface area is 120 Å². The van der Waals surface area contributed by atoms with E-state index in [-0.39, 0.29) is 17.7 Å². The Morgan fingerprint density at radius 3 is 2.52 bits per heavy atom. The SMILES string of the molecule is CCC(O)(c1ccc(F)cc1F)C(C)c1ncncc1F. The van der Waals surface area contributed by atoms with E-state index in [0.717, 1.165) is 18.6 Å². The molecule has 2 atom stereocenters. The fourth-order valence-corrected chi connectivity index (χ4v) is 2.44. The summed E-state index contributed by atoms with van der Waals surface area (Å²) in [5.41, 5.74) is -1.80. The molecule has 2 rings (SSSR count). The summed E-state index contributed by atoms with van der Waals surface area (Å²) in [4.78, 5) is 7.37. The van der Waals surface area contributed by atoms with E-state index in [4.69, 9.17) is 0 Å². The Kier molecular flexibility index (Phi) is 4.27. The van der Waals surface area contributed by atoms with Crippen molar-refractivity contribution < 1.29 is 18.3 Å². The summed E-state index contributed by atoms with van der Waals surface area (Å²) in [6.07, 6.45) is 2.25. The van der Waals surface area contributed by atoms with E-state index in [2.05, 4.69) is 9.97 Å². The zero-order valence-corrected chi connectivity index (χ0v) is 11.6. The van der Waals surface area contributed by atoms with Crippen molar-refractivity contribution in [1.29, 1.82) is 0 Å². The van der Waals surface area contributed by atoms with Gasteiger partial charge in [0.05, 0.1) is 11.9 Å². The molecule has 0 bridgehead atoms. The van der Waals surface area contributed by atoms with E-state index in [1.54, 1.807) is 6.92 Å². The van der Waals surface area contributed by atoms with E-state index in [1.165, 1.54) is 13.0 Å². The lowest BCUT2D eigenvalue weighted by Crippen LogP contribution is -2.33. The molecule has 3 nitrogen and oxygen atoms in total. The minimum Gasteiger partial charge on any atom is -0.384 e. The summed E-state index contributed by atoms with van der Waals surface area (Å²) < 4.78 is 40.8. The first kappa shape index (κ1) is 15.4. The van der Waals surface area contributed by atoms with Crippen molar-refractivity contribution in [3.05, 3.63) is 59.4 Å². The van der Waals surface area contributed by atoms with Gasteiger partial charge in [0.1, 0.15) is 23.6 Å². The molecular weight excluding hydrogens is 281 g/mol. The van der Waals surface area contributed by atoms with Gasteiger partial charge in [0, 0.05) is 17.5 Å². The molecule has 0 aliphatic carbocycles. The van der Waals surface area contributed by atoms with Crippen molar-refractivity contribution in [1.82, 2.24) is 9.97 Å². The average molecular weight is 296 g/mol. The third-order valence-electron chi connectivity index (χ3n) is 3.76. The fraction of sp³-hybridized carbons (Fsp3) is 0.333. The molecule has 0 fully saturated rings. The van der Waals surface area contributed by atoms with Gasteiger partial charge >= 0.3 is 0 Å². The van der Waals surface area contributed by atoms with Crippen molar-refractivity contribution in [3.8, 4) is 0 Å². The van der Waals surface area contributed by atoms with Gasteiger partial charge in [-0.05, 0) is 12.5 Å². The van der Waals surface area contributed by atoms with Crippen LogP contribution in [0.5, 0.6) is 0 Å². The molecular formula is C15H15F3N2O. The van der Waals surface area contributed by atoms with Crippen LogP contribution in [0.15, 0.2) is 30.7 Å². The van der Waals surface area contributed by atoms with Crippen molar-refractivity contribution in [3.63, 3.8) is 0 Å². The van der Waals surface area contributed by atoms with Crippen LogP contribution in [0.2, 0.25) is 0 Å². The molecule has 0 aliphatic heterocycles. The zero-order chi connectivity index (χ0) is 15.6. The molecule has 2 aromatic rings. The number of rotatable bonds is 4. The predicted molar refractivity (Wildman–Crippen MR) is 71.0 cm³/mol.